The average Bonchev–Trinajstić information content (AvgIpc) is 2.83. The van der Waals surface area contributed by atoms with Gasteiger partial charge in [-0.1, -0.05) is 6.92 Å². The van der Waals surface area contributed by atoms with E-state index in [4.69, 9.17) is 2.82 Å². The molecule has 2 aliphatic heterocycles. The SMILES string of the molecule is [2H]N1C(=O)CC(C)C(N2Cc3c(cc(C)c(C)c3N([2H])C)C2=O)C1=O. The van der Waals surface area contributed by atoms with Crippen LogP contribution in [0.15, 0.2) is 6.07 Å². The molecule has 23 heavy (non-hydrogen) atoms. The van der Waals surface area contributed by atoms with Gasteiger partial charge in [0.15, 0.2) is 2.82 Å². The molecule has 2 aliphatic rings. The van der Waals surface area contributed by atoms with Gasteiger partial charge >= 0.3 is 0 Å². The second-order valence-electron chi connectivity index (χ2n) is 6.32. The molecule has 0 aromatic heterocycles. The molecule has 2 atom stereocenters. The summed E-state index contributed by atoms with van der Waals surface area (Å²) < 4.78 is 15.6. The molecule has 1 aromatic carbocycles. The molecule has 6 heteroatoms. The summed E-state index contributed by atoms with van der Waals surface area (Å²) in [6, 6.07) is 0.960. The number of benzene rings is 1. The number of carbonyl (C=O) groups excluding carboxylic acids is 3. The summed E-state index contributed by atoms with van der Waals surface area (Å²) in [6.45, 7) is 5.74. The van der Waals surface area contributed by atoms with E-state index >= 15 is 0 Å². The summed E-state index contributed by atoms with van der Waals surface area (Å²) in [5.41, 5.74) is 3.71. The number of rotatable bonds is 2. The minimum Gasteiger partial charge on any atom is -0.388 e. The Bertz CT molecular complexity index is 794. The van der Waals surface area contributed by atoms with Crippen molar-refractivity contribution >= 4 is 23.4 Å². The van der Waals surface area contributed by atoms with E-state index in [-0.39, 0.29) is 24.8 Å². The molecule has 1 aromatic rings. The quantitative estimate of drug-likeness (QED) is 0.807. The van der Waals surface area contributed by atoms with Crippen LogP contribution in [0.25, 0.3) is 0 Å². The Hall–Kier alpha value is -2.37. The maximum absolute atomic E-state index is 12.9. The number of hydrogen-bond donors (Lipinski definition) is 2. The number of nitrogens with zero attached hydrogens (tertiary/aromatic N) is 1. The molecule has 3 amide bonds. The van der Waals surface area contributed by atoms with Crippen LogP contribution >= 0.6 is 0 Å². The Kier molecular flexibility index (Phi) is 3.06. The number of piperidine rings is 1. The van der Waals surface area contributed by atoms with Crippen molar-refractivity contribution < 1.29 is 17.2 Å². The van der Waals surface area contributed by atoms with Crippen molar-refractivity contribution in [1.29, 1.82) is 0 Å². The molecule has 1 fully saturated rings. The number of amides is 3. The average molecular weight is 317 g/mol. The van der Waals surface area contributed by atoms with Gasteiger partial charge in [-0.3, -0.25) is 19.7 Å². The molecule has 2 unspecified atom stereocenters. The first-order valence-electron chi connectivity index (χ1n) is 8.56. The predicted octanol–water partition coefficient (Wildman–Crippen LogP) is 1.35. The van der Waals surface area contributed by atoms with Crippen LogP contribution in [0.5, 0.6) is 0 Å². The van der Waals surface area contributed by atoms with Gasteiger partial charge in [0.2, 0.25) is 11.8 Å². The topological polar surface area (TPSA) is 78.5 Å². The van der Waals surface area contributed by atoms with E-state index in [1.54, 1.807) is 20.0 Å². The minimum atomic E-state index is -0.834. The maximum atomic E-state index is 12.9. The van der Waals surface area contributed by atoms with E-state index in [1.165, 1.54) is 10.2 Å². The van der Waals surface area contributed by atoms with Crippen LogP contribution in [-0.4, -0.2) is 35.7 Å². The fourth-order valence-corrected chi connectivity index (χ4v) is 3.53. The lowest BCUT2D eigenvalue weighted by Crippen LogP contribution is -2.56. The van der Waals surface area contributed by atoms with Gasteiger partial charge in [0.05, 0.1) is 0 Å². The lowest BCUT2D eigenvalue weighted by molar-refractivity contribution is -0.139. The summed E-state index contributed by atoms with van der Waals surface area (Å²) in [5, 5.41) is 1.61. The third kappa shape index (κ3) is 2.29. The van der Waals surface area contributed by atoms with E-state index in [1.807, 2.05) is 13.8 Å². The molecular weight excluding hydrogens is 294 g/mol. The van der Waals surface area contributed by atoms with Gasteiger partial charge in [-0.15, -0.1) is 0 Å². The van der Waals surface area contributed by atoms with Crippen molar-refractivity contribution in [3.05, 3.63) is 28.3 Å². The van der Waals surface area contributed by atoms with E-state index in [0.717, 1.165) is 16.7 Å². The number of aryl methyl sites for hydroxylation is 1. The van der Waals surface area contributed by atoms with Gasteiger partial charge < -0.3 is 10.2 Å². The Labute approximate surface area is 138 Å². The van der Waals surface area contributed by atoms with Crippen molar-refractivity contribution in [3.63, 3.8) is 0 Å². The normalized spacial score (nSPS) is 25.5. The summed E-state index contributed by atoms with van der Waals surface area (Å²) >= 11 is 0. The third-order valence-corrected chi connectivity index (χ3v) is 4.82. The minimum absolute atomic E-state index is 0.0588. The molecule has 0 bridgehead atoms. The summed E-state index contributed by atoms with van der Waals surface area (Å²) in [4.78, 5) is 38.5. The summed E-state index contributed by atoms with van der Waals surface area (Å²) in [5.74, 6) is -1.84. The zero-order valence-corrected chi connectivity index (χ0v) is 13.7. The third-order valence-electron chi connectivity index (χ3n) is 4.82. The largest absolute Gasteiger partial charge is 0.388 e. The van der Waals surface area contributed by atoms with Crippen LogP contribution in [0, 0.1) is 19.8 Å². The lowest BCUT2D eigenvalue weighted by Gasteiger charge is -2.34. The highest BCUT2D eigenvalue weighted by Gasteiger charge is 2.43. The Balaban J connectivity index is 2.05. The molecule has 0 radical (unpaired) electrons. The molecule has 1 saturated heterocycles. The molecule has 0 saturated carbocycles. The summed E-state index contributed by atoms with van der Waals surface area (Å²) in [7, 11) is 1.60. The lowest BCUT2D eigenvalue weighted by atomic mass is 9.92. The molecule has 0 spiro atoms. The van der Waals surface area contributed by atoms with Crippen LogP contribution in [0.4, 0.5) is 5.69 Å². The molecule has 2 heterocycles. The van der Waals surface area contributed by atoms with Gasteiger partial charge in [0.25, 0.3) is 5.91 Å². The molecule has 122 valence electrons. The molecular formula is C17H21N3O3. The van der Waals surface area contributed by atoms with Crippen molar-refractivity contribution in [2.24, 2.45) is 5.92 Å². The standard InChI is InChI=1S/C17H21N3O3/c1-8-5-11-12(14(18-4)10(8)3)7-20(17(11)23)15-9(2)6-13(21)19-16(15)22/h5,9,15,18H,6-7H2,1-4H3,(H,19,21,22)/i/hD2. The highest BCUT2D eigenvalue weighted by molar-refractivity contribution is 6.06. The van der Waals surface area contributed by atoms with Gasteiger partial charge in [-0.2, -0.15) is 0 Å². The second-order valence-corrected chi connectivity index (χ2v) is 6.32. The number of hydrogen-bond acceptors (Lipinski definition) is 4. The van der Waals surface area contributed by atoms with E-state index in [0.29, 0.717) is 16.6 Å². The van der Waals surface area contributed by atoms with Crippen LogP contribution in [0.2, 0.25) is 2.82 Å². The molecule has 2 N–H and O–H groups in total. The molecule has 3 rings (SSSR count). The Morgan fingerprint density at radius 2 is 2.09 bits per heavy atom. The Morgan fingerprint density at radius 3 is 2.74 bits per heavy atom. The zero-order valence-electron chi connectivity index (χ0n) is 15.7. The van der Waals surface area contributed by atoms with Crippen LogP contribution in [0.3, 0.4) is 0 Å². The smallest absolute Gasteiger partial charge is 0.255 e. The number of fused-ring (bicyclic) bond motifs is 1. The monoisotopic (exact) mass is 317 g/mol. The van der Waals surface area contributed by atoms with E-state index in [2.05, 4.69) is 0 Å². The van der Waals surface area contributed by atoms with E-state index < -0.39 is 17.9 Å². The maximum Gasteiger partial charge on any atom is 0.255 e. The second kappa shape index (κ2) is 5.37. The molecule has 0 aliphatic carbocycles. The zero-order chi connectivity index (χ0) is 18.6. The highest BCUT2D eigenvalue weighted by atomic mass is 16.2. The van der Waals surface area contributed by atoms with Gasteiger partial charge in [0.1, 0.15) is 6.04 Å². The summed E-state index contributed by atoms with van der Waals surface area (Å²) in [6.07, 6.45) is 0.0588. The van der Waals surface area contributed by atoms with Crippen LogP contribution < -0.4 is 10.6 Å². The number of carbonyl (C=O) groups is 3. The van der Waals surface area contributed by atoms with Gasteiger partial charge in [0, 0.05) is 36.8 Å². The number of nitrogens with one attached hydrogen (secondary N) is 2. The van der Waals surface area contributed by atoms with Crippen molar-refractivity contribution in [1.82, 2.24) is 10.2 Å². The van der Waals surface area contributed by atoms with E-state index in [9.17, 15) is 14.4 Å². The van der Waals surface area contributed by atoms with Crippen LogP contribution in [0.1, 0.15) is 40.4 Å². The molecule has 6 nitrogen and oxygen atoms in total. The first-order valence-corrected chi connectivity index (χ1v) is 7.67. The fourth-order valence-electron chi connectivity index (χ4n) is 3.53. The van der Waals surface area contributed by atoms with Gasteiger partial charge in [-0.25, -0.2) is 0 Å². The van der Waals surface area contributed by atoms with Crippen molar-refractivity contribution in [3.8, 4) is 0 Å². The highest BCUT2D eigenvalue weighted by Crippen LogP contribution is 2.36. The first-order chi connectivity index (χ1) is 11.6. The van der Waals surface area contributed by atoms with Crippen molar-refractivity contribution in [2.45, 2.75) is 39.8 Å². The Morgan fingerprint density at radius 1 is 1.39 bits per heavy atom. The van der Waals surface area contributed by atoms with Gasteiger partial charge in [-0.05, 0) is 37.0 Å². The predicted molar refractivity (Wildman–Crippen MR) is 86.1 cm³/mol. The van der Waals surface area contributed by atoms with Crippen molar-refractivity contribution in [2.75, 3.05) is 12.4 Å². The number of imide groups is 1. The first kappa shape index (κ1) is 13.1. The van der Waals surface area contributed by atoms with Crippen LogP contribution in [-0.2, 0) is 16.1 Å². The number of anilines is 1. The fraction of sp³-hybridized carbons (Fsp3) is 0.471.